The molecule has 1 aromatic heterocycles. The Morgan fingerprint density at radius 1 is 1.56 bits per heavy atom. The highest BCUT2D eigenvalue weighted by atomic mass is 16.6. The third-order valence-electron chi connectivity index (χ3n) is 2.46. The maximum atomic E-state index is 11.0. The number of hydrogen-bond donors (Lipinski definition) is 1. The van der Waals surface area contributed by atoms with E-state index in [0.29, 0.717) is 17.9 Å². The quantitative estimate of drug-likeness (QED) is 0.783. The smallest absolute Gasteiger partial charge is 0.391 e. The minimum atomic E-state index is -0.594. The van der Waals surface area contributed by atoms with Gasteiger partial charge < -0.3 is 10.1 Å². The number of aromatic nitrogens is 1. The number of ether oxygens (including phenoxy) is 1. The van der Waals surface area contributed by atoms with E-state index in [0.717, 1.165) is 18.4 Å². The lowest BCUT2D eigenvalue weighted by molar-refractivity contribution is 0.111. The van der Waals surface area contributed by atoms with Crippen molar-refractivity contribution in [2.24, 2.45) is 0 Å². The molecule has 0 atom stereocenters. The summed E-state index contributed by atoms with van der Waals surface area (Å²) in [5, 5.41) is 2.31. The molecule has 0 aromatic carbocycles. The molecule has 0 aliphatic heterocycles. The van der Waals surface area contributed by atoms with Crippen LogP contribution in [0.5, 0.6) is 5.88 Å². The number of amides is 1. The Bertz CT molecular complexity index is 427. The first-order chi connectivity index (χ1) is 7.74. The lowest BCUT2D eigenvalue weighted by atomic mass is 10.1. The summed E-state index contributed by atoms with van der Waals surface area (Å²) in [7, 11) is 1.46. The van der Waals surface area contributed by atoms with Crippen LogP contribution in [-0.2, 0) is 0 Å². The molecule has 1 fully saturated rings. The van der Waals surface area contributed by atoms with Crippen LogP contribution in [0.3, 0.4) is 0 Å². The van der Waals surface area contributed by atoms with Gasteiger partial charge in [-0.25, -0.2) is 9.78 Å². The summed E-state index contributed by atoms with van der Waals surface area (Å²) < 4.78 is 4.84. The summed E-state index contributed by atoms with van der Waals surface area (Å²) in [6.07, 6.45) is 2.30. The fourth-order valence-electron chi connectivity index (χ4n) is 1.50. The Labute approximate surface area is 92.8 Å². The maximum absolute atomic E-state index is 11.0. The van der Waals surface area contributed by atoms with Crippen molar-refractivity contribution < 1.29 is 14.3 Å². The molecule has 1 aliphatic carbocycles. The number of nitrogens with one attached hydrogen (secondary N) is 1. The van der Waals surface area contributed by atoms with Gasteiger partial charge in [0.15, 0.2) is 6.29 Å². The fourth-order valence-corrected chi connectivity index (χ4v) is 1.50. The first-order valence-corrected chi connectivity index (χ1v) is 5.10. The van der Waals surface area contributed by atoms with Gasteiger partial charge in [-0.1, -0.05) is 6.07 Å². The van der Waals surface area contributed by atoms with E-state index in [4.69, 9.17) is 4.74 Å². The van der Waals surface area contributed by atoms with Gasteiger partial charge in [-0.15, -0.1) is 0 Å². The number of rotatable bonds is 3. The van der Waals surface area contributed by atoms with E-state index in [-0.39, 0.29) is 5.88 Å². The highest BCUT2D eigenvalue weighted by Gasteiger charge is 2.26. The van der Waals surface area contributed by atoms with E-state index >= 15 is 0 Å². The molecule has 1 saturated carbocycles. The number of carbonyl (C=O) groups is 2. The summed E-state index contributed by atoms with van der Waals surface area (Å²) in [6, 6.07) is 3.41. The van der Waals surface area contributed by atoms with Gasteiger partial charge in [0.2, 0.25) is 5.88 Å². The average Bonchev–Trinajstić information content (AvgIpc) is 3.12. The average molecular weight is 220 g/mol. The molecular formula is C11H12N2O3. The highest BCUT2D eigenvalue weighted by molar-refractivity contribution is 5.76. The highest BCUT2D eigenvalue weighted by Crippen LogP contribution is 2.41. The molecule has 1 N–H and O–H groups in total. The molecule has 84 valence electrons. The molecular weight excluding hydrogens is 208 g/mol. The molecule has 0 saturated heterocycles. The summed E-state index contributed by atoms with van der Waals surface area (Å²) in [6.45, 7) is 0. The number of pyridine rings is 1. The van der Waals surface area contributed by atoms with Gasteiger partial charge in [-0.3, -0.25) is 4.79 Å². The molecule has 0 unspecified atom stereocenters. The molecule has 1 aromatic rings. The lowest BCUT2D eigenvalue weighted by Crippen LogP contribution is -2.22. The second-order valence-corrected chi connectivity index (χ2v) is 3.66. The van der Waals surface area contributed by atoms with Crippen LogP contribution in [0.2, 0.25) is 0 Å². The second-order valence-electron chi connectivity index (χ2n) is 3.66. The number of hydrogen-bond acceptors (Lipinski definition) is 4. The summed E-state index contributed by atoms with van der Waals surface area (Å²) in [5.41, 5.74) is 1.31. The summed E-state index contributed by atoms with van der Waals surface area (Å²) in [5.74, 6) is 0.590. The van der Waals surface area contributed by atoms with Crippen LogP contribution in [0.15, 0.2) is 12.1 Å². The van der Waals surface area contributed by atoms with Crippen molar-refractivity contribution in [2.75, 3.05) is 7.05 Å². The molecule has 5 heteroatoms. The second kappa shape index (κ2) is 4.30. The monoisotopic (exact) mass is 220 g/mol. The predicted octanol–water partition coefficient (Wildman–Crippen LogP) is 1.49. The normalized spacial score (nSPS) is 14.3. The molecule has 1 aliphatic rings. The Kier molecular flexibility index (Phi) is 2.85. The van der Waals surface area contributed by atoms with Crippen LogP contribution in [-0.4, -0.2) is 24.4 Å². The van der Waals surface area contributed by atoms with Crippen LogP contribution in [0.4, 0.5) is 4.79 Å². The van der Waals surface area contributed by atoms with Crippen LogP contribution < -0.4 is 10.1 Å². The zero-order valence-corrected chi connectivity index (χ0v) is 8.90. The molecule has 1 heterocycles. The molecule has 1 amide bonds. The third kappa shape index (κ3) is 2.18. The van der Waals surface area contributed by atoms with Crippen molar-refractivity contribution in [2.45, 2.75) is 18.8 Å². The van der Waals surface area contributed by atoms with E-state index < -0.39 is 6.09 Å². The first kappa shape index (κ1) is 10.6. The van der Waals surface area contributed by atoms with Gasteiger partial charge in [0.1, 0.15) is 5.69 Å². The van der Waals surface area contributed by atoms with Gasteiger partial charge in [-0.2, -0.15) is 0 Å². The van der Waals surface area contributed by atoms with Crippen molar-refractivity contribution in [3.8, 4) is 5.88 Å². The van der Waals surface area contributed by atoms with Gasteiger partial charge in [0, 0.05) is 13.1 Å². The minimum absolute atomic E-state index is 0.144. The Morgan fingerprint density at radius 2 is 2.31 bits per heavy atom. The summed E-state index contributed by atoms with van der Waals surface area (Å²) in [4.78, 5) is 25.8. The zero-order valence-electron chi connectivity index (χ0n) is 8.90. The Hall–Kier alpha value is -1.91. The van der Waals surface area contributed by atoms with Crippen LogP contribution in [0.1, 0.15) is 34.8 Å². The third-order valence-corrected chi connectivity index (χ3v) is 2.46. The van der Waals surface area contributed by atoms with Gasteiger partial charge in [-0.05, 0) is 24.3 Å². The topological polar surface area (TPSA) is 68.3 Å². The van der Waals surface area contributed by atoms with E-state index in [9.17, 15) is 9.59 Å². The van der Waals surface area contributed by atoms with Gasteiger partial charge >= 0.3 is 6.09 Å². The number of aldehydes is 1. The van der Waals surface area contributed by atoms with Crippen LogP contribution in [0, 0.1) is 0 Å². The summed E-state index contributed by atoms with van der Waals surface area (Å²) >= 11 is 0. The maximum Gasteiger partial charge on any atom is 0.413 e. The molecule has 2 rings (SSSR count). The van der Waals surface area contributed by atoms with Crippen molar-refractivity contribution in [1.29, 1.82) is 0 Å². The van der Waals surface area contributed by atoms with Crippen molar-refractivity contribution in [1.82, 2.24) is 10.3 Å². The predicted molar refractivity (Wildman–Crippen MR) is 56.7 cm³/mol. The number of nitrogens with zero attached hydrogens (tertiary/aromatic N) is 1. The lowest BCUT2D eigenvalue weighted by Gasteiger charge is -2.05. The fraction of sp³-hybridized carbons (Fsp3) is 0.364. The molecule has 16 heavy (non-hydrogen) atoms. The molecule has 0 spiro atoms. The van der Waals surface area contributed by atoms with E-state index in [2.05, 4.69) is 10.3 Å². The van der Waals surface area contributed by atoms with Gasteiger partial charge in [0.25, 0.3) is 0 Å². The first-order valence-electron chi connectivity index (χ1n) is 5.10. The van der Waals surface area contributed by atoms with Gasteiger partial charge in [0.05, 0.1) is 0 Å². The zero-order chi connectivity index (χ0) is 11.5. The molecule has 0 bridgehead atoms. The SMILES string of the molecule is CNC(=O)Oc1ccc(C2CC2)c(C=O)n1. The van der Waals surface area contributed by atoms with E-state index in [1.807, 2.05) is 0 Å². The van der Waals surface area contributed by atoms with Crippen molar-refractivity contribution >= 4 is 12.4 Å². The minimum Gasteiger partial charge on any atom is -0.391 e. The van der Waals surface area contributed by atoms with E-state index in [1.165, 1.54) is 7.05 Å². The van der Waals surface area contributed by atoms with Crippen LogP contribution >= 0.6 is 0 Å². The standard InChI is InChI=1S/C11H12N2O3/c1-12-11(15)16-10-5-4-8(7-2-3-7)9(6-14)13-10/h4-7H,2-3H2,1H3,(H,12,15). The van der Waals surface area contributed by atoms with Crippen LogP contribution in [0.25, 0.3) is 0 Å². The largest absolute Gasteiger partial charge is 0.413 e. The molecule has 5 nitrogen and oxygen atoms in total. The Morgan fingerprint density at radius 3 is 2.88 bits per heavy atom. The van der Waals surface area contributed by atoms with Crippen molar-refractivity contribution in [3.05, 3.63) is 23.4 Å². The van der Waals surface area contributed by atoms with Crippen molar-refractivity contribution in [3.63, 3.8) is 0 Å². The molecule has 0 radical (unpaired) electrons. The number of carbonyl (C=O) groups excluding carboxylic acids is 2. The van der Waals surface area contributed by atoms with E-state index in [1.54, 1.807) is 12.1 Å². The Balaban J connectivity index is 2.22.